The Morgan fingerprint density at radius 3 is 2.31 bits per heavy atom. The smallest absolute Gasteiger partial charge is 0.178 e. The summed E-state index contributed by atoms with van der Waals surface area (Å²) in [7, 11) is 1.69. The zero-order valence-corrected chi connectivity index (χ0v) is 16.6. The minimum Gasteiger partial charge on any atom is -0.497 e. The van der Waals surface area contributed by atoms with E-state index in [9.17, 15) is 0 Å². The molecule has 0 saturated heterocycles. The van der Waals surface area contributed by atoms with Crippen molar-refractivity contribution in [2.75, 3.05) is 7.11 Å². The van der Waals surface area contributed by atoms with Gasteiger partial charge in [-0.05, 0) is 54.1 Å². The van der Waals surface area contributed by atoms with Crippen LogP contribution in [0.25, 0.3) is 16.8 Å². The van der Waals surface area contributed by atoms with Gasteiger partial charge in [-0.3, -0.25) is 0 Å². The Labute approximate surface area is 171 Å². The van der Waals surface area contributed by atoms with Crippen LogP contribution in [0.3, 0.4) is 0 Å². The van der Waals surface area contributed by atoms with E-state index in [2.05, 4.69) is 91.9 Å². The van der Waals surface area contributed by atoms with E-state index in [-0.39, 0.29) is 0 Å². The summed E-state index contributed by atoms with van der Waals surface area (Å²) in [4.78, 5) is 0. The molecule has 2 nitrogen and oxygen atoms in total. The predicted molar refractivity (Wildman–Crippen MR) is 119 cm³/mol. The molecule has 0 aliphatic carbocycles. The molecule has 4 aromatic carbocycles. The highest BCUT2D eigenvalue weighted by Gasteiger charge is 2.37. The van der Waals surface area contributed by atoms with Crippen LogP contribution in [0.15, 0.2) is 91.0 Å². The molecule has 0 amide bonds. The summed E-state index contributed by atoms with van der Waals surface area (Å²) < 4.78 is 12.2. The summed E-state index contributed by atoms with van der Waals surface area (Å²) in [5.74, 6) is 1.74. The van der Waals surface area contributed by atoms with Crippen molar-refractivity contribution in [2.24, 2.45) is 0 Å². The van der Waals surface area contributed by atoms with E-state index in [1.165, 1.54) is 5.56 Å². The van der Waals surface area contributed by atoms with E-state index >= 15 is 0 Å². The number of methoxy groups -OCH3 is 1. The molecule has 29 heavy (non-hydrogen) atoms. The molecular weight excluding hydrogens is 356 g/mol. The third kappa shape index (κ3) is 2.89. The van der Waals surface area contributed by atoms with Gasteiger partial charge in [0.15, 0.2) is 5.60 Å². The van der Waals surface area contributed by atoms with Crippen LogP contribution < -0.4 is 9.47 Å². The lowest BCUT2D eigenvalue weighted by Crippen LogP contribution is -2.34. The average Bonchev–Trinajstić information content (AvgIpc) is 2.79. The normalized spacial score (nSPS) is 17.6. The number of hydrogen-bond donors (Lipinski definition) is 0. The number of fused-ring (bicyclic) bond motifs is 3. The maximum absolute atomic E-state index is 6.78. The van der Waals surface area contributed by atoms with Crippen LogP contribution in [0.5, 0.6) is 11.5 Å². The van der Waals surface area contributed by atoms with Gasteiger partial charge in [-0.1, -0.05) is 66.2 Å². The van der Waals surface area contributed by atoms with Gasteiger partial charge in [0.2, 0.25) is 0 Å². The molecule has 142 valence electrons. The molecule has 1 atom stereocenters. The van der Waals surface area contributed by atoms with Crippen molar-refractivity contribution in [1.82, 2.24) is 0 Å². The van der Waals surface area contributed by atoms with Gasteiger partial charge in [0, 0.05) is 16.7 Å². The van der Waals surface area contributed by atoms with Crippen molar-refractivity contribution in [3.8, 4) is 11.5 Å². The van der Waals surface area contributed by atoms with Gasteiger partial charge >= 0.3 is 0 Å². The number of hydrogen-bond acceptors (Lipinski definition) is 2. The van der Waals surface area contributed by atoms with E-state index < -0.39 is 5.60 Å². The fraction of sp³-hybridized carbons (Fsp3) is 0.111. The van der Waals surface area contributed by atoms with Crippen molar-refractivity contribution in [2.45, 2.75) is 12.5 Å². The lowest BCUT2D eigenvalue weighted by atomic mass is 9.83. The standard InChI is InChI=1S/C27H22O2/c1-19-8-11-22(12-9-19)27(21-6-4-3-5-7-21)17-16-25-24-14-13-23(28-2)18-20(24)10-15-26(25)29-27/h3-18H,1-2H3. The van der Waals surface area contributed by atoms with Crippen LogP contribution in [0, 0.1) is 6.92 Å². The third-order valence-corrected chi connectivity index (χ3v) is 5.67. The summed E-state index contributed by atoms with van der Waals surface area (Å²) >= 11 is 0. The maximum Gasteiger partial charge on any atom is 0.178 e. The lowest BCUT2D eigenvalue weighted by Gasteiger charge is -2.36. The molecule has 1 aliphatic heterocycles. The van der Waals surface area contributed by atoms with Crippen LogP contribution >= 0.6 is 0 Å². The van der Waals surface area contributed by atoms with Crippen LogP contribution in [-0.4, -0.2) is 7.11 Å². The molecule has 0 fully saturated rings. The molecule has 1 unspecified atom stereocenters. The zero-order chi connectivity index (χ0) is 19.8. The van der Waals surface area contributed by atoms with Crippen molar-refractivity contribution in [3.05, 3.63) is 113 Å². The topological polar surface area (TPSA) is 18.5 Å². The molecule has 0 saturated carbocycles. The summed E-state index contributed by atoms with van der Waals surface area (Å²) in [5.41, 5.74) is 3.91. The van der Waals surface area contributed by atoms with Gasteiger partial charge in [0.05, 0.1) is 7.11 Å². The van der Waals surface area contributed by atoms with Crippen molar-refractivity contribution < 1.29 is 9.47 Å². The van der Waals surface area contributed by atoms with Crippen molar-refractivity contribution in [3.63, 3.8) is 0 Å². The van der Waals surface area contributed by atoms with Gasteiger partial charge in [-0.2, -0.15) is 0 Å². The molecule has 0 radical (unpaired) electrons. The molecule has 0 N–H and O–H groups in total. The maximum atomic E-state index is 6.78. The molecule has 0 bridgehead atoms. The van der Waals surface area contributed by atoms with E-state index in [1.54, 1.807) is 7.11 Å². The van der Waals surface area contributed by atoms with Crippen molar-refractivity contribution >= 4 is 16.8 Å². The van der Waals surface area contributed by atoms with Gasteiger partial charge in [-0.25, -0.2) is 0 Å². The van der Waals surface area contributed by atoms with E-state index in [4.69, 9.17) is 9.47 Å². The Balaban J connectivity index is 1.70. The van der Waals surface area contributed by atoms with Crippen LogP contribution in [0.4, 0.5) is 0 Å². The molecule has 1 aliphatic rings. The minimum absolute atomic E-state index is 0.651. The van der Waals surface area contributed by atoms with Gasteiger partial charge in [0.25, 0.3) is 0 Å². The molecule has 1 heterocycles. The second-order valence-corrected chi connectivity index (χ2v) is 7.47. The molecule has 4 aromatic rings. The number of benzene rings is 4. The van der Waals surface area contributed by atoms with Crippen LogP contribution in [0.1, 0.15) is 22.3 Å². The highest BCUT2D eigenvalue weighted by Crippen LogP contribution is 2.44. The lowest BCUT2D eigenvalue weighted by molar-refractivity contribution is 0.161. The first-order valence-electron chi connectivity index (χ1n) is 9.81. The average molecular weight is 378 g/mol. The third-order valence-electron chi connectivity index (χ3n) is 5.67. The fourth-order valence-corrected chi connectivity index (χ4v) is 4.07. The first-order chi connectivity index (χ1) is 14.2. The first-order valence-corrected chi connectivity index (χ1v) is 9.81. The zero-order valence-electron chi connectivity index (χ0n) is 16.6. The summed E-state index contributed by atoms with van der Waals surface area (Å²) in [6.45, 7) is 2.10. The summed E-state index contributed by atoms with van der Waals surface area (Å²) in [6, 6.07) is 29.3. The van der Waals surface area contributed by atoms with Crippen molar-refractivity contribution in [1.29, 1.82) is 0 Å². The van der Waals surface area contributed by atoms with Gasteiger partial charge in [-0.15, -0.1) is 0 Å². The molecule has 0 aromatic heterocycles. The highest BCUT2D eigenvalue weighted by atomic mass is 16.5. The Bertz CT molecular complexity index is 1210. The molecule has 0 spiro atoms. The van der Waals surface area contributed by atoms with E-state index in [1.807, 2.05) is 12.1 Å². The predicted octanol–water partition coefficient (Wildman–Crippen LogP) is 6.51. The second-order valence-electron chi connectivity index (χ2n) is 7.47. The Morgan fingerprint density at radius 1 is 0.793 bits per heavy atom. The quantitative estimate of drug-likeness (QED) is 0.405. The van der Waals surface area contributed by atoms with E-state index in [0.29, 0.717) is 0 Å². The number of ether oxygens (including phenoxy) is 2. The second kappa shape index (κ2) is 6.82. The fourth-order valence-electron chi connectivity index (χ4n) is 4.07. The summed E-state index contributed by atoms with van der Waals surface area (Å²) in [5, 5.41) is 2.30. The van der Waals surface area contributed by atoms with Crippen LogP contribution in [-0.2, 0) is 5.60 Å². The highest BCUT2D eigenvalue weighted by molar-refractivity contribution is 5.94. The number of rotatable bonds is 3. The molecule has 2 heteroatoms. The Hall–Kier alpha value is -3.52. The SMILES string of the molecule is COc1ccc2c3c(ccc2c1)OC(c1ccccc1)(c1ccc(C)cc1)C=C3. The van der Waals surface area contributed by atoms with Gasteiger partial charge in [0.1, 0.15) is 11.5 Å². The van der Waals surface area contributed by atoms with Crippen LogP contribution in [0.2, 0.25) is 0 Å². The molecule has 5 rings (SSSR count). The summed E-state index contributed by atoms with van der Waals surface area (Å²) in [6.07, 6.45) is 4.37. The van der Waals surface area contributed by atoms with E-state index in [0.717, 1.165) is 39.0 Å². The Morgan fingerprint density at radius 2 is 1.55 bits per heavy atom. The van der Waals surface area contributed by atoms with Gasteiger partial charge < -0.3 is 9.47 Å². The monoisotopic (exact) mass is 378 g/mol. The Kier molecular flexibility index (Phi) is 4.13. The largest absolute Gasteiger partial charge is 0.497 e. The number of aryl methyl sites for hydroxylation is 1. The first kappa shape index (κ1) is 17.6. The molecular formula is C27H22O2. The minimum atomic E-state index is -0.651.